The van der Waals surface area contributed by atoms with Crippen molar-refractivity contribution in [3.8, 4) is 5.75 Å². The number of benzene rings is 3. The van der Waals surface area contributed by atoms with Crippen LogP contribution in [0.25, 0.3) is 0 Å². The molecule has 3 aromatic rings. The third kappa shape index (κ3) is 6.74. The molecular weight excluding hydrogens is 510 g/mol. The number of hydrogen-bond acceptors (Lipinski definition) is 5. The lowest BCUT2D eigenvalue weighted by Crippen LogP contribution is -2.41. The van der Waals surface area contributed by atoms with Crippen molar-refractivity contribution in [3.63, 3.8) is 0 Å². The van der Waals surface area contributed by atoms with Gasteiger partial charge in [-0.2, -0.15) is 0 Å². The van der Waals surface area contributed by atoms with Crippen molar-refractivity contribution in [2.45, 2.75) is 51.5 Å². The van der Waals surface area contributed by atoms with Crippen molar-refractivity contribution in [1.29, 1.82) is 0 Å². The maximum absolute atomic E-state index is 13.8. The molecule has 1 fully saturated rings. The number of rotatable bonds is 9. The number of ether oxygens (including phenoxy) is 1. The number of methoxy groups -OCH3 is 1. The van der Waals surface area contributed by atoms with Gasteiger partial charge in [0.05, 0.1) is 23.7 Å². The number of sulfonamides is 1. The van der Waals surface area contributed by atoms with Crippen LogP contribution in [0.3, 0.4) is 0 Å². The fourth-order valence-corrected chi connectivity index (χ4v) is 6.30. The van der Waals surface area contributed by atoms with Crippen molar-refractivity contribution in [2.75, 3.05) is 35.9 Å². The second-order valence-corrected chi connectivity index (χ2v) is 12.4. The summed E-state index contributed by atoms with van der Waals surface area (Å²) in [6.45, 7) is 9.70. The summed E-state index contributed by atoms with van der Waals surface area (Å²) in [7, 11) is -2.56. The fourth-order valence-electron chi connectivity index (χ4n) is 4.87. The number of hydrogen-bond donors (Lipinski definition) is 1. The van der Waals surface area contributed by atoms with Gasteiger partial charge in [-0.25, -0.2) is 8.42 Å². The minimum Gasteiger partial charge on any atom is -0.495 e. The molecular formula is C31H39N3O4S. The van der Waals surface area contributed by atoms with E-state index in [1.54, 1.807) is 36.4 Å². The molecule has 8 heteroatoms. The number of piperidine rings is 1. The Kier molecular flexibility index (Phi) is 8.85. The minimum atomic E-state index is -4.05. The smallest absolute Gasteiger partial charge is 0.264 e. The first-order valence-corrected chi connectivity index (χ1v) is 14.9. The van der Waals surface area contributed by atoms with Gasteiger partial charge in [0.1, 0.15) is 12.3 Å². The summed E-state index contributed by atoms with van der Waals surface area (Å²) in [4.78, 5) is 15.8. The lowest BCUT2D eigenvalue weighted by atomic mass is 9.98. The van der Waals surface area contributed by atoms with Crippen molar-refractivity contribution >= 4 is 27.3 Å². The molecule has 1 aliphatic heterocycles. The number of carbonyl (C=O) groups is 1. The summed E-state index contributed by atoms with van der Waals surface area (Å²) in [5.41, 5.74) is 4.26. The van der Waals surface area contributed by atoms with Crippen LogP contribution >= 0.6 is 0 Å². The molecule has 1 aliphatic rings. The van der Waals surface area contributed by atoms with Gasteiger partial charge < -0.3 is 15.0 Å². The first kappa shape index (κ1) is 28.5. The Labute approximate surface area is 232 Å². The zero-order valence-electron chi connectivity index (χ0n) is 23.5. The highest BCUT2D eigenvalue weighted by atomic mass is 32.2. The van der Waals surface area contributed by atoms with E-state index in [-0.39, 0.29) is 17.5 Å². The predicted octanol–water partition coefficient (Wildman–Crippen LogP) is 5.62. The first-order valence-electron chi connectivity index (χ1n) is 13.5. The van der Waals surface area contributed by atoms with E-state index in [0.717, 1.165) is 40.0 Å². The molecule has 3 aromatic carbocycles. The molecule has 1 amide bonds. The molecule has 39 heavy (non-hydrogen) atoms. The van der Waals surface area contributed by atoms with E-state index in [0.29, 0.717) is 11.4 Å². The zero-order chi connectivity index (χ0) is 28.2. The van der Waals surface area contributed by atoms with E-state index < -0.39 is 15.9 Å². The van der Waals surface area contributed by atoms with Gasteiger partial charge in [-0.15, -0.1) is 0 Å². The molecule has 1 heterocycles. The number of aryl methyl sites for hydroxylation is 2. The number of carbonyl (C=O) groups excluding carboxylic acids is 1. The lowest BCUT2D eigenvalue weighted by molar-refractivity contribution is -0.120. The molecule has 0 aliphatic carbocycles. The Morgan fingerprint density at radius 1 is 1.00 bits per heavy atom. The number of nitrogens with one attached hydrogen (secondary N) is 1. The average Bonchev–Trinajstić information content (AvgIpc) is 2.92. The molecule has 0 radical (unpaired) electrons. The molecule has 1 saturated heterocycles. The second kappa shape index (κ2) is 12.1. The SMILES string of the molecule is COc1ccc(C)cc1N(CC(=O)NC(C)c1ccc(N2CCC(C)CC2)cc1)S(=O)(=O)c1ccc(C)cc1. The van der Waals surface area contributed by atoms with E-state index in [1.165, 1.54) is 25.6 Å². The second-order valence-electron chi connectivity index (χ2n) is 10.6. The van der Waals surface area contributed by atoms with Crippen LogP contribution in [0.4, 0.5) is 11.4 Å². The monoisotopic (exact) mass is 549 g/mol. The van der Waals surface area contributed by atoms with E-state index in [2.05, 4.69) is 29.3 Å². The van der Waals surface area contributed by atoms with Crippen LogP contribution in [0.5, 0.6) is 5.75 Å². The Hall–Kier alpha value is -3.52. The molecule has 1 N–H and O–H groups in total. The molecule has 4 rings (SSSR count). The number of amides is 1. The summed E-state index contributed by atoms with van der Waals surface area (Å²) in [5, 5.41) is 2.99. The van der Waals surface area contributed by atoms with Gasteiger partial charge in [0.25, 0.3) is 10.0 Å². The molecule has 1 unspecified atom stereocenters. The van der Waals surface area contributed by atoms with Gasteiger partial charge in [0.15, 0.2) is 0 Å². The summed E-state index contributed by atoms with van der Waals surface area (Å²) in [6, 6.07) is 19.9. The van der Waals surface area contributed by atoms with Crippen molar-refractivity contribution < 1.29 is 17.9 Å². The number of anilines is 2. The van der Waals surface area contributed by atoms with Gasteiger partial charge in [0, 0.05) is 18.8 Å². The Morgan fingerprint density at radius 2 is 1.62 bits per heavy atom. The predicted molar refractivity (Wildman–Crippen MR) is 157 cm³/mol. The topological polar surface area (TPSA) is 79.0 Å². The normalized spacial score (nSPS) is 15.1. The molecule has 0 bridgehead atoms. The van der Waals surface area contributed by atoms with Crippen LogP contribution in [0.1, 0.15) is 49.4 Å². The van der Waals surface area contributed by atoms with E-state index in [9.17, 15) is 13.2 Å². The molecule has 208 valence electrons. The highest BCUT2D eigenvalue weighted by Crippen LogP contribution is 2.33. The summed E-state index contributed by atoms with van der Waals surface area (Å²) in [5.74, 6) is 0.737. The third-order valence-corrected chi connectivity index (χ3v) is 9.19. The van der Waals surface area contributed by atoms with E-state index in [1.807, 2.05) is 39.0 Å². The summed E-state index contributed by atoms with van der Waals surface area (Å²) < 4.78 is 34.2. The van der Waals surface area contributed by atoms with Crippen LogP contribution in [0.2, 0.25) is 0 Å². The van der Waals surface area contributed by atoms with Gasteiger partial charge in [0.2, 0.25) is 5.91 Å². The Morgan fingerprint density at radius 3 is 2.23 bits per heavy atom. The maximum Gasteiger partial charge on any atom is 0.264 e. The van der Waals surface area contributed by atoms with Crippen LogP contribution in [-0.4, -0.2) is 41.1 Å². The van der Waals surface area contributed by atoms with Gasteiger partial charge in [-0.1, -0.05) is 42.8 Å². The lowest BCUT2D eigenvalue weighted by Gasteiger charge is -2.32. The maximum atomic E-state index is 13.8. The Balaban J connectivity index is 1.54. The minimum absolute atomic E-state index is 0.111. The van der Waals surface area contributed by atoms with Crippen LogP contribution in [0.15, 0.2) is 71.6 Å². The standard InChI is InChI=1S/C31H39N3O4S/c1-22-6-13-28(14-7-22)39(36,37)34(29-20-24(3)8-15-30(29)38-5)21-31(35)32-25(4)26-9-11-27(12-10-26)33-18-16-23(2)17-19-33/h6-15,20,23,25H,16-19,21H2,1-5H3,(H,32,35). The highest BCUT2D eigenvalue weighted by molar-refractivity contribution is 7.92. The molecule has 0 aromatic heterocycles. The molecule has 0 spiro atoms. The number of nitrogens with zero attached hydrogens (tertiary/aromatic N) is 2. The highest BCUT2D eigenvalue weighted by Gasteiger charge is 2.30. The molecule has 7 nitrogen and oxygen atoms in total. The van der Waals surface area contributed by atoms with Crippen molar-refractivity contribution in [2.24, 2.45) is 5.92 Å². The van der Waals surface area contributed by atoms with Crippen LogP contribution in [0, 0.1) is 19.8 Å². The van der Waals surface area contributed by atoms with Gasteiger partial charge in [-0.05, 0) is 87.1 Å². The quantitative estimate of drug-likeness (QED) is 0.375. The van der Waals surface area contributed by atoms with E-state index in [4.69, 9.17) is 4.74 Å². The van der Waals surface area contributed by atoms with Crippen LogP contribution < -0.4 is 19.3 Å². The summed E-state index contributed by atoms with van der Waals surface area (Å²) >= 11 is 0. The van der Waals surface area contributed by atoms with Gasteiger partial charge >= 0.3 is 0 Å². The van der Waals surface area contributed by atoms with Gasteiger partial charge in [-0.3, -0.25) is 9.10 Å². The third-order valence-electron chi connectivity index (χ3n) is 7.42. The zero-order valence-corrected chi connectivity index (χ0v) is 24.3. The first-order chi connectivity index (χ1) is 18.6. The summed E-state index contributed by atoms with van der Waals surface area (Å²) in [6.07, 6.45) is 2.39. The fraction of sp³-hybridized carbons (Fsp3) is 0.387. The van der Waals surface area contributed by atoms with Crippen LogP contribution in [-0.2, 0) is 14.8 Å². The van der Waals surface area contributed by atoms with Crippen molar-refractivity contribution in [3.05, 3.63) is 83.4 Å². The average molecular weight is 550 g/mol. The van der Waals surface area contributed by atoms with Crippen molar-refractivity contribution in [1.82, 2.24) is 5.32 Å². The Bertz CT molecular complexity index is 1380. The van der Waals surface area contributed by atoms with E-state index >= 15 is 0 Å². The molecule has 1 atom stereocenters. The largest absolute Gasteiger partial charge is 0.495 e. The molecule has 0 saturated carbocycles.